The predicted molar refractivity (Wildman–Crippen MR) is 37.1 cm³/mol. The molecule has 0 aliphatic heterocycles. The Balaban J connectivity index is 0.0000001000. The first kappa shape index (κ1) is 6.67. The zero-order chi connectivity index (χ0) is 7.07. The minimum atomic E-state index is 1.14. The Morgan fingerprint density at radius 1 is 1.20 bits per heavy atom. The second-order valence-electron chi connectivity index (χ2n) is 1.65. The maximum Gasteiger partial charge on any atom is 0.161 e. The molecule has 4 nitrogen and oxygen atoms in total. The van der Waals surface area contributed by atoms with Crippen molar-refractivity contribution in [2.75, 3.05) is 0 Å². The van der Waals surface area contributed by atoms with Gasteiger partial charge in [0.15, 0.2) is 6.33 Å². The third-order valence-electron chi connectivity index (χ3n) is 0.925. The number of aromatic amines is 1. The quantitative estimate of drug-likeness (QED) is 0.571. The van der Waals surface area contributed by atoms with E-state index in [0.717, 1.165) is 6.42 Å². The van der Waals surface area contributed by atoms with Crippen molar-refractivity contribution in [3.8, 4) is 0 Å². The summed E-state index contributed by atoms with van der Waals surface area (Å²) in [6.45, 7) is 0. The molecule has 0 atom stereocenters. The second-order valence-corrected chi connectivity index (χ2v) is 1.65. The first-order valence-electron chi connectivity index (χ1n) is 2.98. The standard InChI is InChI=1S/C5H6.CH2N4/c2*1-2-4-5-3-1/h1-4H,5H2;1H,(H,2,3,4,5). The molecule has 2 rings (SSSR count). The third-order valence-corrected chi connectivity index (χ3v) is 0.925. The lowest BCUT2D eigenvalue weighted by Crippen LogP contribution is -1.64. The van der Waals surface area contributed by atoms with E-state index in [2.05, 4.69) is 44.9 Å². The lowest BCUT2D eigenvalue weighted by atomic mass is 10.5. The van der Waals surface area contributed by atoms with Gasteiger partial charge in [0.2, 0.25) is 0 Å². The van der Waals surface area contributed by atoms with Crippen LogP contribution in [0.5, 0.6) is 0 Å². The van der Waals surface area contributed by atoms with Crippen molar-refractivity contribution in [1.82, 2.24) is 20.6 Å². The highest BCUT2D eigenvalue weighted by Crippen LogP contribution is 1.93. The molecule has 0 aromatic carbocycles. The summed E-state index contributed by atoms with van der Waals surface area (Å²) in [5, 5.41) is 12.2. The molecule has 0 fully saturated rings. The number of hydrogen-bond acceptors (Lipinski definition) is 3. The summed E-state index contributed by atoms with van der Waals surface area (Å²) < 4.78 is 0. The van der Waals surface area contributed by atoms with E-state index in [1.807, 2.05) is 0 Å². The van der Waals surface area contributed by atoms with Gasteiger partial charge >= 0.3 is 0 Å². The normalized spacial score (nSPS) is 12.8. The van der Waals surface area contributed by atoms with Crippen LogP contribution in [-0.4, -0.2) is 20.6 Å². The van der Waals surface area contributed by atoms with Crippen LogP contribution in [0.4, 0.5) is 0 Å². The van der Waals surface area contributed by atoms with Gasteiger partial charge < -0.3 is 0 Å². The van der Waals surface area contributed by atoms with E-state index in [0.29, 0.717) is 0 Å². The van der Waals surface area contributed by atoms with Gasteiger partial charge in [0.1, 0.15) is 0 Å². The van der Waals surface area contributed by atoms with Crippen molar-refractivity contribution in [3.05, 3.63) is 30.6 Å². The maximum atomic E-state index is 3.38. The Hall–Kier alpha value is -1.45. The number of nitrogens with one attached hydrogen (secondary N) is 1. The Morgan fingerprint density at radius 2 is 2.00 bits per heavy atom. The molecule has 52 valence electrons. The van der Waals surface area contributed by atoms with Gasteiger partial charge in [-0.15, -0.1) is 10.2 Å². The summed E-state index contributed by atoms with van der Waals surface area (Å²) in [5.74, 6) is 0. The van der Waals surface area contributed by atoms with Crippen molar-refractivity contribution in [2.45, 2.75) is 6.42 Å². The molecule has 0 unspecified atom stereocenters. The summed E-state index contributed by atoms with van der Waals surface area (Å²) in [6, 6.07) is 0. The van der Waals surface area contributed by atoms with E-state index in [4.69, 9.17) is 0 Å². The molecule has 0 bridgehead atoms. The summed E-state index contributed by atoms with van der Waals surface area (Å²) >= 11 is 0. The van der Waals surface area contributed by atoms with Crippen LogP contribution in [0.3, 0.4) is 0 Å². The molecule has 1 aromatic rings. The van der Waals surface area contributed by atoms with Gasteiger partial charge in [-0.1, -0.05) is 29.5 Å². The summed E-state index contributed by atoms with van der Waals surface area (Å²) in [6.07, 6.45) is 10.8. The predicted octanol–water partition coefficient (Wildman–Crippen LogP) is 0.702. The third kappa shape index (κ3) is 2.76. The number of H-pyrrole nitrogens is 1. The lowest BCUT2D eigenvalue weighted by molar-refractivity contribution is 0.881. The maximum absolute atomic E-state index is 3.38. The van der Waals surface area contributed by atoms with Gasteiger partial charge in [-0.25, -0.2) is 0 Å². The number of nitrogens with zero attached hydrogens (tertiary/aromatic N) is 3. The average molecular weight is 136 g/mol. The highest BCUT2D eigenvalue weighted by Gasteiger charge is 1.72. The monoisotopic (exact) mass is 136 g/mol. The molecule has 0 radical (unpaired) electrons. The first-order valence-corrected chi connectivity index (χ1v) is 2.98. The molecule has 0 amide bonds. The molecule has 0 saturated carbocycles. The number of allylic oxidation sites excluding steroid dienone is 4. The molecule has 0 saturated heterocycles. The minimum Gasteiger partial charge on any atom is -0.177 e. The van der Waals surface area contributed by atoms with Crippen LogP contribution >= 0.6 is 0 Å². The number of aromatic nitrogens is 4. The van der Waals surface area contributed by atoms with Gasteiger partial charge in [0.05, 0.1) is 0 Å². The molecule has 4 heteroatoms. The van der Waals surface area contributed by atoms with Crippen LogP contribution in [-0.2, 0) is 0 Å². The van der Waals surface area contributed by atoms with Gasteiger partial charge in [-0.3, -0.25) is 0 Å². The van der Waals surface area contributed by atoms with Crippen molar-refractivity contribution in [3.63, 3.8) is 0 Å². The Bertz CT molecular complexity index is 172. The fraction of sp³-hybridized carbons (Fsp3) is 0.167. The van der Waals surface area contributed by atoms with Crippen LogP contribution in [0.15, 0.2) is 30.6 Å². The second kappa shape index (κ2) is 4.43. The van der Waals surface area contributed by atoms with E-state index in [1.165, 1.54) is 6.33 Å². The zero-order valence-electron chi connectivity index (χ0n) is 5.44. The Morgan fingerprint density at radius 3 is 2.20 bits per heavy atom. The fourth-order valence-corrected chi connectivity index (χ4v) is 0.522. The highest BCUT2D eigenvalue weighted by molar-refractivity contribution is 5.11. The van der Waals surface area contributed by atoms with Crippen LogP contribution < -0.4 is 0 Å². The molecule has 1 N–H and O–H groups in total. The Labute approximate surface area is 58.7 Å². The van der Waals surface area contributed by atoms with E-state index in [1.54, 1.807) is 0 Å². The van der Waals surface area contributed by atoms with Crippen LogP contribution in [0, 0.1) is 0 Å². The van der Waals surface area contributed by atoms with E-state index >= 15 is 0 Å². The van der Waals surface area contributed by atoms with Gasteiger partial charge in [-0.05, 0) is 6.42 Å². The minimum absolute atomic E-state index is 1.14. The van der Waals surface area contributed by atoms with Gasteiger partial charge in [-0.2, -0.15) is 5.21 Å². The molecular weight excluding hydrogens is 128 g/mol. The average Bonchev–Trinajstić information content (AvgIpc) is 2.67. The fourth-order valence-electron chi connectivity index (χ4n) is 0.522. The Kier molecular flexibility index (Phi) is 2.95. The molecule has 1 heterocycles. The summed E-state index contributed by atoms with van der Waals surface area (Å²) in [5.41, 5.74) is 0. The topological polar surface area (TPSA) is 54.5 Å². The number of hydrogen-bond donors (Lipinski definition) is 1. The molecule has 1 aliphatic carbocycles. The van der Waals surface area contributed by atoms with Crippen LogP contribution in [0.1, 0.15) is 6.42 Å². The van der Waals surface area contributed by atoms with Crippen LogP contribution in [0.2, 0.25) is 0 Å². The molecule has 1 aliphatic rings. The van der Waals surface area contributed by atoms with E-state index in [9.17, 15) is 0 Å². The van der Waals surface area contributed by atoms with E-state index < -0.39 is 0 Å². The largest absolute Gasteiger partial charge is 0.177 e. The molecule has 0 spiro atoms. The van der Waals surface area contributed by atoms with Gasteiger partial charge in [0.25, 0.3) is 0 Å². The molecule has 1 aromatic heterocycles. The number of tetrazole rings is 1. The SMILES string of the molecule is C1=CCC=C1.c1nn[nH]n1. The first-order chi connectivity index (χ1) is 5.00. The zero-order valence-corrected chi connectivity index (χ0v) is 5.44. The van der Waals surface area contributed by atoms with Crippen molar-refractivity contribution in [2.24, 2.45) is 0 Å². The summed E-state index contributed by atoms with van der Waals surface area (Å²) in [7, 11) is 0. The van der Waals surface area contributed by atoms with Crippen molar-refractivity contribution in [1.29, 1.82) is 0 Å². The van der Waals surface area contributed by atoms with Gasteiger partial charge in [0, 0.05) is 0 Å². The summed E-state index contributed by atoms with van der Waals surface area (Å²) in [4.78, 5) is 0. The number of rotatable bonds is 0. The molecule has 10 heavy (non-hydrogen) atoms. The highest BCUT2D eigenvalue weighted by atomic mass is 15.5. The van der Waals surface area contributed by atoms with Crippen LogP contribution in [0.25, 0.3) is 0 Å². The van der Waals surface area contributed by atoms with Crippen molar-refractivity contribution >= 4 is 0 Å². The smallest absolute Gasteiger partial charge is 0.161 e. The van der Waals surface area contributed by atoms with E-state index in [-0.39, 0.29) is 0 Å². The lowest BCUT2D eigenvalue weighted by Gasteiger charge is -1.57. The molecular formula is C6H8N4. The van der Waals surface area contributed by atoms with Crippen molar-refractivity contribution < 1.29 is 0 Å².